The molecule has 1 saturated heterocycles. The fraction of sp³-hybridized carbons (Fsp3) is 0.923. The maximum absolute atomic E-state index is 12.2. The van der Waals surface area contributed by atoms with Gasteiger partial charge in [0.2, 0.25) is 5.91 Å². The maximum atomic E-state index is 12.2. The number of nitrogens with zero attached hydrogens (tertiary/aromatic N) is 1. The molecule has 1 aliphatic heterocycles. The van der Waals surface area contributed by atoms with E-state index in [2.05, 4.69) is 15.5 Å². The third kappa shape index (κ3) is 3.43. The van der Waals surface area contributed by atoms with Crippen molar-refractivity contribution in [2.24, 2.45) is 0 Å². The van der Waals surface area contributed by atoms with Crippen LogP contribution in [0.5, 0.6) is 0 Å². The molecule has 5 nitrogen and oxygen atoms in total. The Bertz CT molecular complexity index is 279. The zero-order valence-electron chi connectivity index (χ0n) is 11.4. The van der Waals surface area contributed by atoms with E-state index in [1.807, 2.05) is 6.92 Å². The summed E-state index contributed by atoms with van der Waals surface area (Å²) in [4.78, 5) is 14.4. The highest BCUT2D eigenvalue weighted by molar-refractivity contribution is 5.81. The van der Waals surface area contributed by atoms with E-state index >= 15 is 0 Å². The number of carbonyl (C=O) groups excluding carboxylic acids is 1. The molecule has 5 heteroatoms. The molecule has 0 spiro atoms. The van der Waals surface area contributed by atoms with Crippen LogP contribution in [-0.4, -0.2) is 62.3 Å². The third-order valence-corrected chi connectivity index (χ3v) is 4.14. The zero-order valence-corrected chi connectivity index (χ0v) is 11.4. The van der Waals surface area contributed by atoms with E-state index in [0.29, 0.717) is 12.1 Å². The van der Waals surface area contributed by atoms with Crippen molar-refractivity contribution in [3.63, 3.8) is 0 Å². The highest BCUT2D eigenvalue weighted by Crippen LogP contribution is 2.21. The lowest BCUT2D eigenvalue weighted by Gasteiger charge is -2.32. The smallest absolute Gasteiger partial charge is 0.237 e. The lowest BCUT2D eigenvalue weighted by atomic mass is 10.2. The first-order chi connectivity index (χ1) is 8.70. The van der Waals surface area contributed by atoms with Crippen molar-refractivity contribution in [3.8, 4) is 0 Å². The van der Waals surface area contributed by atoms with Gasteiger partial charge in [0.15, 0.2) is 0 Å². The van der Waals surface area contributed by atoms with Gasteiger partial charge in [0.05, 0.1) is 12.1 Å². The number of nitrogens with one attached hydrogen (secondary N) is 2. The lowest BCUT2D eigenvalue weighted by molar-refractivity contribution is -0.126. The number of piperazine rings is 1. The van der Waals surface area contributed by atoms with Crippen LogP contribution in [-0.2, 0) is 9.53 Å². The van der Waals surface area contributed by atoms with Gasteiger partial charge in [0.25, 0.3) is 0 Å². The number of carbonyl (C=O) groups is 1. The van der Waals surface area contributed by atoms with Gasteiger partial charge in [0, 0.05) is 39.3 Å². The van der Waals surface area contributed by atoms with Crippen LogP contribution in [0.25, 0.3) is 0 Å². The summed E-state index contributed by atoms with van der Waals surface area (Å²) in [6, 6.07) is 0.279. The van der Waals surface area contributed by atoms with E-state index in [4.69, 9.17) is 4.74 Å². The Balaban J connectivity index is 1.76. The lowest BCUT2D eigenvalue weighted by Crippen LogP contribution is -2.53. The van der Waals surface area contributed by atoms with Crippen LogP contribution >= 0.6 is 0 Å². The van der Waals surface area contributed by atoms with E-state index in [0.717, 1.165) is 45.4 Å². The van der Waals surface area contributed by atoms with Gasteiger partial charge in [-0.2, -0.15) is 0 Å². The first-order valence-corrected chi connectivity index (χ1v) is 6.98. The molecule has 0 aromatic carbocycles. The molecular formula is C13H25N3O2. The van der Waals surface area contributed by atoms with Crippen LogP contribution in [0, 0.1) is 0 Å². The first-order valence-electron chi connectivity index (χ1n) is 6.98. The van der Waals surface area contributed by atoms with E-state index in [1.165, 1.54) is 0 Å². The molecule has 0 radical (unpaired) electrons. The van der Waals surface area contributed by atoms with Gasteiger partial charge in [0.1, 0.15) is 0 Å². The molecule has 2 fully saturated rings. The molecule has 3 atom stereocenters. The van der Waals surface area contributed by atoms with Crippen LogP contribution in [0.15, 0.2) is 0 Å². The van der Waals surface area contributed by atoms with Crippen LogP contribution in [0.3, 0.4) is 0 Å². The monoisotopic (exact) mass is 255 g/mol. The second-order valence-electron chi connectivity index (χ2n) is 5.34. The summed E-state index contributed by atoms with van der Waals surface area (Å²) in [5.74, 6) is 0.165. The largest absolute Gasteiger partial charge is 0.381 e. The van der Waals surface area contributed by atoms with Gasteiger partial charge in [-0.05, 0) is 26.2 Å². The molecule has 1 saturated carbocycles. The van der Waals surface area contributed by atoms with Crippen molar-refractivity contribution < 1.29 is 9.53 Å². The van der Waals surface area contributed by atoms with Crippen molar-refractivity contribution in [2.75, 3.05) is 33.3 Å². The second-order valence-corrected chi connectivity index (χ2v) is 5.34. The van der Waals surface area contributed by atoms with Gasteiger partial charge >= 0.3 is 0 Å². The zero-order chi connectivity index (χ0) is 13.0. The number of hydrogen-bond donors (Lipinski definition) is 2. The van der Waals surface area contributed by atoms with Crippen LogP contribution in [0.4, 0.5) is 0 Å². The Morgan fingerprint density at radius 3 is 2.72 bits per heavy atom. The molecule has 0 aromatic rings. The Labute approximate surface area is 109 Å². The number of ether oxygens (including phenoxy) is 1. The molecule has 2 aliphatic rings. The summed E-state index contributed by atoms with van der Waals surface area (Å²) in [5.41, 5.74) is 0. The van der Waals surface area contributed by atoms with Crippen molar-refractivity contribution in [1.29, 1.82) is 0 Å². The summed E-state index contributed by atoms with van der Waals surface area (Å²) in [6.07, 6.45) is 3.38. The van der Waals surface area contributed by atoms with Gasteiger partial charge < -0.3 is 15.4 Å². The fourth-order valence-corrected chi connectivity index (χ4v) is 2.84. The van der Waals surface area contributed by atoms with Gasteiger partial charge in [-0.1, -0.05) is 0 Å². The summed E-state index contributed by atoms with van der Waals surface area (Å²) in [7, 11) is 1.75. The number of methoxy groups -OCH3 is 1. The summed E-state index contributed by atoms with van der Waals surface area (Å²) in [6.45, 7) is 5.88. The molecule has 2 rings (SSSR count). The van der Waals surface area contributed by atoms with Crippen LogP contribution in [0.2, 0.25) is 0 Å². The number of rotatable bonds is 4. The Morgan fingerprint density at radius 1 is 1.39 bits per heavy atom. The van der Waals surface area contributed by atoms with Crippen molar-refractivity contribution in [1.82, 2.24) is 15.5 Å². The van der Waals surface area contributed by atoms with Crippen molar-refractivity contribution in [3.05, 3.63) is 0 Å². The maximum Gasteiger partial charge on any atom is 0.237 e. The molecule has 0 bridgehead atoms. The Kier molecular flexibility index (Phi) is 4.97. The predicted octanol–water partition coefficient (Wildman–Crippen LogP) is -0.0362. The summed E-state index contributed by atoms with van der Waals surface area (Å²) >= 11 is 0. The van der Waals surface area contributed by atoms with E-state index in [1.54, 1.807) is 7.11 Å². The van der Waals surface area contributed by atoms with Gasteiger partial charge in [-0.25, -0.2) is 0 Å². The second kappa shape index (κ2) is 6.50. The molecular weight excluding hydrogens is 230 g/mol. The van der Waals surface area contributed by atoms with Gasteiger partial charge in [-0.3, -0.25) is 9.69 Å². The molecule has 104 valence electrons. The predicted molar refractivity (Wildman–Crippen MR) is 70.5 cm³/mol. The minimum absolute atomic E-state index is 0.0197. The topological polar surface area (TPSA) is 53.6 Å². The SMILES string of the molecule is COC1CCC(NC(=O)C(C)N2CCNCC2)C1. The number of hydrogen-bond acceptors (Lipinski definition) is 4. The fourth-order valence-electron chi connectivity index (χ4n) is 2.84. The quantitative estimate of drug-likeness (QED) is 0.740. The molecule has 1 aliphatic carbocycles. The summed E-state index contributed by atoms with van der Waals surface area (Å²) < 4.78 is 5.33. The third-order valence-electron chi connectivity index (χ3n) is 4.14. The van der Waals surface area contributed by atoms with Crippen molar-refractivity contribution in [2.45, 2.75) is 44.4 Å². The molecule has 1 heterocycles. The molecule has 3 unspecified atom stereocenters. The molecule has 1 amide bonds. The van der Waals surface area contributed by atoms with E-state index in [-0.39, 0.29) is 11.9 Å². The highest BCUT2D eigenvalue weighted by Gasteiger charge is 2.29. The summed E-state index contributed by atoms with van der Waals surface area (Å²) in [5, 5.41) is 6.46. The molecule has 2 N–H and O–H groups in total. The van der Waals surface area contributed by atoms with Crippen LogP contribution in [0.1, 0.15) is 26.2 Å². The standard InChI is InChI=1S/C13H25N3O2/c1-10(16-7-5-14-6-8-16)13(17)15-11-3-4-12(9-11)18-2/h10-12,14H,3-9H2,1-2H3,(H,15,17). The minimum Gasteiger partial charge on any atom is -0.381 e. The average Bonchev–Trinajstić information content (AvgIpc) is 2.86. The molecule has 18 heavy (non-hydrogen) atoms. The Hall–Kier alpha value is -0.650. The van der Waals surface area contributed by atoms with Crippen LogP contribution < -0.4 is 10.6 Å². The Morgan fingerprint density at radius 2 is 2.11 bits per heavy atom. The van der Waals surface area contributed by atoms with E-state index in [9.17, 15) is 4.79 Å². The molecule has 0 aromatic heterocycles. The highest BCUT2D eigenvalue weighted by atomic mass is 16.5. The van der Waals surface area contributed by atoms with E-state index < -0.39 is 0 Å². The first kappa shape index (κ1) is 13.8. The average molecular weight is 255 g/mol. The van der Waals surface area contributed by atoms with Gasteiger partial charge in [-0.15, -0.1) is 0 Å². The number of amides is 1. The minimum atomic E-state index is -0.0197. The normalized spacial score (nSPS) is 31.2. The van der Waals surface area contributed by atoms with Crippen molar-refractivity contribution >= 4 is 5.91 Å².